The third kappa shape index (κ3) is 6.67. The number of halogens is 3. The van der Waals surface area contributed by atoms with Gasteiger partial charge in [0, 0.05) is 17.2 Å². The Hall–Kier alpha value is -0.210. The monoisotopic (exact) mass is 319 g/mol. The number of rotatable bonds is 8. The van der Waals surface area contributed by atoms with Crippen molar-refractivity contribution < 1.29 is 4.74 Å². The molecule has 0 amide bonds. The van der Waals surface area contributed by atoms with Crippen LogP contribution < -0.4 is 0 Å². The Labute approximate surface area is 130 Å². The van der Waals surface area contributed by atoms with Gasteiger partial charge in [0.2, 0.25) is 0 Å². The highest BCUT2D eigenvalue weighted by Gasteiger charge is 2.04. The summed E-state index contributed by atoms with van der Waals surface area (Å²) in [5.74, 6) is 0. The summed E-state index contributed by atoms with van der Waals surface area (Å²) in [4.78, 5) is 0. The summed E-state index contributed by atoms with van der Waals surface area (Å²) in [5.41, 5.74) is 0.772. The summed E-state index contributed by atoms with van der Waals surface area (Å²) in [6, 6.07) is 3.35. The minimum Gasteiger partial charge on any atom is -0.377 e. The molecule has 0 aromatic heterocycles. The molecule has 19 heavy (non-hydrogen) atoms. The molecule has 1 rings (SSSR count). The maximum atomic E-state index is 6.07. The first-order valence-corrected chi connectivity index (χ1v) is 7.46. The quantitative estimate of drug-likeness (QED) is 0.528. The van der Waals surface area contributed by atoms with E-state index in [0.717, 1.165) is 31.4 Å². The summed E-state index contributed by atoms with van der Waals surface area (Å²) < 4.78 is 5.49. The third-order valence-electron chi connectivity index (χ3n) is 2.58. The fraction of sp³-hybridized carbons (Fsp3) is 0.400. The Balaban J connectivity index is 2.33. The molecule has 0 unspecified atom stereocenters. The summed E-state index contributed by atoms with van der Waals surface area (Å²) in [7, 11) is 0. The van der Waals surface area contributed by atoms with E-state index in [1.165, 1.54) is 6.42 Å². The van der Waals surface area contributed by atoms with Crippen LogP contribution in [-0.2, 0) is 4.74 Å². The Bertz CT molecular complexity index is 393. The van der Waals surface area contributed by atoms with Crippen LogP contribution in [0.3, 0.4) is 0 Å². The molecule has 0 spiro atoms. The van der Waals surface area contributed by atoms with Crippen molar-refractivity contribution in [2.75, 3.05) is 13.2 Å². The van der Waals surface area contributed by atoms with E-state index in [0.29, 0.717) is 21.7 Å². The van der Waals surface area contributed by atoms with E-state index < -0.39 is 0 Å². The van der Waals surface area contributed by atoms with E-state index >= 15 is 0 Å². The molecule has 0 aliphatic heterocycles. The fourth-order valence-corrected chi connectivity index (χ4v) is 2.53. The minimum atomic E-state index is 0.536. The van der Waals surface area contributed by atoms with E-state index in [2.05, 4.69) is 6.92 Å². The Morgan fingerprint density at radius 2 is 1.74 bits per heavy atom. The summed E-state index contributed by atoms with van der Waals surface area (Å²) in [6.45, 7) is 5.13. The van der Waals surface area contributed by atoms with Crippen molar-refractivity contribution in [2.24, 2.45) is 0 Å². The van der Waals surface area contributed by atoms with Gasteiger partial charge in [-0.05, 0) is 18.6 Å². The van der Waals surface area contributed by atoms with E-state index in [-0.39, 0.29) is 0 Å². The maximum absolute atomic E-state index is 6.07. The Morgan fingerprint density at radius 1 is 1.05 bits per heavy atom. The lowest BCUT2D eigenvalue weighted by Gasteiger charge is -2.03. The average Bonchev–Trinajstić information content (AvgIpc) is 2.35. The molecule has 0 atom stereocenters. The molecule has 0 fully saturated rings. The van der Waals surface area contributed by atoms with Gasteiger partial charge in [-0.2, -0.15) is 0 Å². The molecule has 0 saturated carbocycles. The van der Waals surface area contributed by atoms with Crippen LogP contribution in [-0.4, -0.2) is 13.2 Å². The average molecular weight is 321 g/mol. The van der Waals surface area contributed by atoms with Gasteiger partial charge in [0.25, 0.3) is 0 Å². The van der Waals surface area contributed by atoms with Gasteiger partial charge in [-0.15, -0.1) is 0 Å². The highest BCUT2D eigenvalue weighted by atomic mass is 35.5. The lowest BCUT2D eigenvalue weighted by Crippen LogP contribution is -1.94. The molecule has 1 radical (unpaired) electrons. The zero-order valence-electron chi connectivity index (χ0n) is 10.8. The number of ether oxygens (including phenoxy) is 1. The minimum absolute atomic E-state index is 0.536. The first-order valence-electron chi connectivity index (χ1n) is 6.33. The van der Waals surface area contributed by atoms with E-state index in [1.54, 1.807) is 12.1 Å². The molecule has 0 aliphatic rings. The van der Waals surface area contributed by atoms with E-state index in [1.807, 2.05) is 12.2 Å². The van der Waals surface area contributed by atoms with Crippen molar-refractivity contribution >= 4 is 40.9 Å². The molecule has 0 aliphatic carbocycles. The second-order valence-corrected chi connectivity index (χ2v) is 5.43. The number of benzene rings is 1. The molecule has 1 nitrogen and oxygen atoms in total. The van der Waals surface area contributed by atoms with Gasteiger partial charge < -0.3 is 4.74 Å². The molecule has 1 aromatic carbocycles. The van der Waals surface area contributed by atoms with Crippen LogP contribution in [0.1, 0.15) is 31.2 Å². The molecular weight excluding hydrogens is 303 g/mol. The van der Waals surface area contributed by atoms with Crippen molar-refractivity contribution in [1.29, 1.82) is 0 Å². The van der Waals surface area contributed by atoms with E-state index in [9.17, 15) is 0 Å². The predicted molar refractivity (Wildman–Crippen MR) is 85.2 cm³/mol. The van der Waals surface area contributed by atoms with E-state index in [4.69, 9.17) is 39.5 Å². The first kappa shape index (κ1) is 16.8. The second kappa shape index (κ2) is 9.66. The zero-order valence-corrected chi connectivity index (χ0v) is 13.1. The highest BCUT2D eigenvalue weighted by Crippen LogP contribution is 2.29. The van der Waals surface area contributed by atoms with Crippen molar-refractivity contribution in [2.45, 2.75) is 25.7 Å². The van der Waals surface area contributed by atoms with Gasteiger partial charge in [0.1, 0.15) is 0 Å². The molecular formula is C15H18Cl3O. The van der Waals surface area contributed by atoms with Gasteiger partial charge in [0.05, 0.1) is 16.7 Å². The number of unbranched alkanes of at least 4 members (excludes halogenated alkanes) is 3. The summed E-state index contributed by atoms with van der Waals surface area (Å²) in [5, 5.41) is 1.63. The molecule has 105 valence electrons. The largest absolute Gasteiger partial charge is 0.377 e. The van der Waals surface area contributed by atoms with Crippen molar-refractivity contribution in [1.82, 2.24) is 0 Å². The summed E-state index contributed by atoms with van der Waals surface area (Å²) in [6.07, 6.45) is 8.16. The summed E-state index contributed by atoms with van der Waals surface area (Å²) >= 11 is 18.0. The van der Waals surface area contributed by atoms with Gasteiger partial charge >= 0.3 is 0 Å². The van der Waals surface area contributed by atoms with Crippen LogP contribution in [0.25, 0.3) is 6.08 Å². The van der Waals surface area contributed by atoms with Crippen molar-refractivity contribution in [3.63, 3.8) is 0 Å². The normalized spacial score (nSPS) is 11.4. The van der Waals surface area contributed by atoms with Crippen LogP contribution in [0.2, 0.25) is 15.1 Å². The van der Waals surface area contributed by atoms with Gasteiger partial charge in [-0.1, -0.05) is 73.1 Å². The smallest absolute Gasteiger partial charge is 0.0650 e. The predicted octanol–water partition coefficient (Wildman–Crippen LogP) is 6.07. The topological polar surface area (TPSA) is 9.23 Å². The molecule has 4 heteroatoms. The number of hydrogen-bond donors (Lipinski definition) is 0. The van der Waals surface area contributed by atoms with Gasteiger partial charge in [-0.25, -0.2) is 0 Å². The van der Waals surface area contributed by atoms with Gasteiger partial charge in [0.15, 0.2) is 0 Å². The highest BCUT2D eigenvalue weighted by molar-refractivity contribution is 6.40. The maximum Gasteiger partial charge on any atom is 0.0650 e. The SMILES string of the molecule is [CH2]CCCCCOC/C=C/c1c(Cl)cc(Cl)cc1Cl. The zero-order chi connectivity index (χ0) is 14.1. The second-order valence-electron chi connectivity index (χ2n) is 4.17. The molecule has 0 N–H and O–H groups in total. The lowest BCUT2D eigenvalue weighted by atomic mass is 10.2. The lowest BCUT2D eigenvalue weighted by molar-refractivity contribution is 0.158. The molecule has 0 heterocycles. The molecule has 1 aromatic rings. The van der Waals surface area contributed by atoms with Crippen LogP contribution in [0.15, 0.2) is 18.2 Å². The van der Waals surface area contributed by atoms with Crippen LogP contribution >= 0.6 is 34.8 Å². The fourth-order valence-electron chi connectivity index (χ4n) is 1.59. The first-order chi connectivity index (χ1) is 9.15. The molecule has 0 saturated heterocycles. The van der Waals surface area contributed by atoms with Crippen LogP contribution in [0.5, 0.6) is 0 Å². The molecule has 0 bridgehead atoms. The Morgan fingerprint density at radius 3 is 2.37 bits per heavy atom. The number of hydrogen-bond acceptors (Lipinski definition) is 1. The third-order valence-corrected chi connectivity index (χ3v) is 3.42. The standard InChI is InChI=1S/C15H18Cl3O/c1-2-3-4-5-8-19-9-6-7-13-14(17)10-12(16)11-15(13)18/h6-7,10-11H,1-5,8-9H2/b7-6+. The van der Waals surface area contributed by atoms with Crippen molar-refractivity contribution in [3.8, 4) is 0 Å². The van der Waals surface area contributed by atoms with Gasteiger partial charge in [-0.3, -0.25) is 0 Å². The van der Waals surface area contributed by atoms with Crippen molar-refractivity contribution in [3.05, 3.63) is 45.8 Å². The van der Waals surface area contributed by atoms with Crippen LogP contribution in [0, 0.1) is 6.92 Å². The van der Waals surface area contributed by atoms with Crippen LogP contribution in [0.4, 0.5) is 0 Å². The Kier molecular flexibility index (Phi) is 8.56.